The molecule has 1 saturated heterocycles. The number of nitrogens with zero attached hydrogens (tertiary/aromatic N) is 3. The van der Waals surface area contributed by atoms with E-state index in [9.17, 15) is 4.79 Å². The summed E-state index contributed by atoms with van der Waals surface area (Å²) in [6.07, 6.45) is 4.62. The van der Waals surface area contributed by atoms with Gasteiger partial charge in [0.2, 0.25) is 5.91 Å². The third kappa shape index (κ3) is 5.25. The van der Waals surface area contributed by atoms with E-state index in [0.29, 0.717) is 18.5 Å². The van der Waals surface area contributed by atoms with Crippen LogP contribution in [0, 0.1) is 0 Å². The van der Waals surface area contributed by atoms with Crippen molar-refractivity contribution in [3.63, 3.8) is 0 Å². The summed E-state index contributed by atoms with van der Waals surface area (Å²) in [5.74, 6) is 1.07. The van der Waals surface area contributed by atoms with E-state index in [-0.39, 0.29) is 5.91 Å². The minimum atomic E-state index is 0.218. The normalized spacial score (nSPS) is 18.4. The summed E-state index contributed by atoms with van der Waals surface area (Å²) in [6.45, 7) is 8.36. The van der Waals surface area contributed by atoms with Crippen molar-refractivity contribution in [1.82, 2.24) is 15.5 Å². The number of guanidine groups is 1. The fourth-order valence-electron chi connectivity index (χ4n) is 4.13. The van der Waals surface area contributed by atoms with Crippen LogP contribution in [0.2, 0.25) is 0 Å². The number of hydrogen-bond donors (Lipinski definition) is 2. The first-order chi connectivity index (χ1) is 13.6. The number of nitrogens with one attached hydrogen (secondary N) is 2. The highest BCUT2D eigenvalue weighted by Gasteiger charge is 2.24. The van der Waals surface area contributed by atoms with Gasteiger partial charge in [-0.25, -0.2) is 0 Å². The van der Waals surface area contributed by atoms with Gasteiger partial charge in [0.25, 0.3) is 0 Å². The minimum Gasteiger partial charge on any atom is -0.356 e. The number of fused-ring (bicyclic) bond motifs is 1. The summed E-state index contributed by atoms with van der Waals surface area (Å²) in [5.41, 5.74) is 2.37. The predicted octanol–water partition coefficient (Wildman–Crippen LogP) is 2.39. The van der Waals surface area contributed by atoms with Crippen LogP contribution in [-0.4, -0.2) is 62.1 Å². The molecule has 0 atom stereocenters. The Labute approximate surface area is 169 Å². The number of amides is 1. The van der Waals surface area contributed by atoms with Crippen LogP contribution in [0.5, 0.6) is 0 Å². The first-order valence-corrected chi connectivity index (χ1v) is 10.7. The molecule has 1 aromatic carbocycles. The Morgan fingerprint density at radius 3 is 2.68 bits per heavy atom. The molecular formula is C22H35N5O. The molecule has 0 saturated carbocycles. The molecule has 2 aliphatic rings. The zero-order valence-corrected chi connectivity index (χ0v) is 17.6. The van der Waals surface area contributed by atoms with Crippen LogP contribution in [0.25, 0.3) is 0 Å². The summed E-state index contributed by atoms with van der Waals surface area (Å²) in [4.78, 5) is 21.4. The molecular weight excluding hydrogens is 350 g/mol. The zero-order valence-electron chi connectivity index (χ0n) is 17.6. The van der Waals surface area contributed by atoms with Crippen molar-refractivity contribution in [2.24, 2.45) is 4.99 Å². The summed E-state index contributed by atoms with van der Waals surface area (Å²) in [6, 6.07) is 9.32. The molecule has 0 radical (unpaired) electrons. The van der Waals surface area contributed by atoms with Gasteiger partial charge in [-0.05, 0) is 51.2 Å². The Hall–Kier alpha value is -2.08. The number of carbonyl (C=O) groups is 1. The van der Waals surface area contributed by atoms with E-state index < -0.39 is 0 Å². The minimum absolute atomic E-state index is 0.218. The van der Waals surface area contributed by atoms with E-state index in [1.807, 2.05) is 24.1 Å². The number of hydrogen-bond acceptors (Lipinski definition) is 3. The average Bonchev–Trinajstić information content (AvgIpc) is 3.14. The van der Waals surface area contributed by atoms with Gasteiger partial charge >= 0.3 is 0 Å². The fraction of sp³-hybridized carbons (Fsp3) is 0.636. The predicted molar refractivity (Wildman–Crippen MR) is 116 cm³/mol. The Morgan fingerprint density at radius 1 is 1.21 bits per heavy atom. The van der Waals surface area contributed by atoms with Gasteiger partial charge in [-0.2, -0.15) is 0 Å². The largest absolute Gasteiger partial charge is 0.356 e. The quantitative estimate of drug-likeness (QED) is 0.448. The molecule has 2 heterocycles. The van der Waals surface area contributed by atoms with Gasteiger partial charge in [0.15, 0.2) is 5.96 Å². The van der Waals surface area contributed by atoms with Crippen LogP contribution in [0.3, 0.4) is 0 Å². The van der Waals surface area contributed by atoms with Crippen molar-refractivity contribution in [2.75, 3.05) is 38.1 Å². The first kappa shape index (κ1) is 20.6. The van der Waals surface area contributed by atoms with E-state index >= 15 is 0 Å². The van der Waals surface area contributed by atoms with Crippen molar-refractivity contribution in [3.8, 4) is 0 Å². The summed E-state index contributed by atoms with van der Waals surface area (Å²) >= 11 is 0. The Balaban J connectivity index is 1.36. The lowest BCUT2D eigenvalue weighted by molar-refractivity contribution is -0.118. The van der Waals surface area contributed by atoms with Crippen molar-refractivity contribution in [2.45, 2.75) is 58.0 Å². The molecule has 1 amide bonds. The number of rotatable bonds is 6. The maximum absolute atomic E-state index is 12.6. The molecule has 0 aliphatic carbocycles. The number of likely N-dealkylation sites (tertiary alicyclic amines) is 1. The summed E-state index contributed by atoms with van der Waals surface area (Å²) in [7, 11) is 1.81. The maximum atomic E-state index is 12.6. The molecule has 2 aliphatic heterocycles. The lowest BCUT2D eigenvalue weighted by Gasteiger charge is -2.35. The molecule has 3 rings (SSSR count). The summed E-state index contributed by atoms with van der Waals surface area (Å²) < 4.78 is 0. The number of benzene rings is 1. The van der Waals surface area contributed by atoms with Gasteiger partial charge in [0, 0.05) is 57.4 Å². The molecule has 28 heavy (non-hydrogen) atoms. The van der Waals surface area contributed by atoms with Gasteiger partial charge in [0.1, 0.15) is 0 Å². The zero-order chi connectivity index (χ0) is 19.9. The van der Waals surface area contributed by atoms with Crippen molar-refractivity contribution >= 4 is 17.6 Å². The monoisotopic (exact) mass is 385 g/mol. The number of aliphatic imine (C=N–C) groups is 1. The third-order valence-corrected chi connectivity index (χ3v) is 5.87. The maximum Gasteiger partial charge on any atom is 0.227 e. The Morgan fingerprint density at radius 2 is 1.96 bits per heavy atom. The summed E-state index contributed by atoms with van der Waals surface area (Å²) in [5, 5.41) is 6.91. The molecule has 0 spiro atoms. The second kappa shape index (κ2) is 9.92. The molecule has 0 aromatic heterocycles. The van der Waals surface area contributed by atoms with E-state index in [4.69, 9.17) is 0 Å². The first-order valence-electron chi connectivity index (χ1n) is 10.7. The van der Waals surface area contributed by atoms with E-state index in [2.05, 4.69) is 46.5 Å². The number of para-hydroxylation sites is 1. The Bertz CT molecular complexity index is 679. The van der Waals surface area contributed by atoms with Gasteiger partial charge in [-0.1, -0.05) is 18.2 Å². The van der Waals surface area contributed by atoms with Crippen LogP contribution < -0.4 is 15.5 Å². The average molecular weight is 386 g/mol. The molecule has 6 nitrogen and oxygen atoms in total. The Kier molecular flexibility index (Phi) is 7.31. The lowest BCUT2D eigenvalue weighted by atomic mass is 10.0. The molecule has 1 fully saturated rings. The highest BCUT2D eigenvalue weighted by atomic mass is 16.2. The second-order valence-corrected chi connectivity index (χ2v) is 8.07. The number of carbonyl (C=O) groups excluding carboxylic acids is 1. The highest BCUT2D eigenvalue weighted by Crippen LogP contribution is 2.27. The van der Waals surface area contributed by atoms with E-state index in [0.717, 1.165) is 63.5 Å². The SMILES string of the molecule is CN=C(NCCCC(=O)N1CCc2ccccc21)NC1CCN(C(C)C)CC1. The third-order valence-electron chi connectivity index (χ3n) is 5.87. The van der Waals surface area contributed by atoms with Crippen molar-refractivity contribution < 1.29 is 4.79 Å². The number of anilines is 1. The number of piperidine rings is 1. The molecule has 0 bridgehead atoms. The van der Waals surface area contributed by atoms with Crippen LogP contribution >= 0.6 is 0 Å². The van der Waals surface area contributed by atoms with E-state index in [1.165, 1.54) is 5.56 Å². The van der Waals surface area contributed by atoms with Gasteiger partial charge < -0.3 is 20.4 Å². The van der Waals surface area contributed by atoms with Gasteiger partial charge in [0.05, 0.1) is 0 Å². The van der Waals surface area contributed by atoms with Crippen LogP contribution in [0.4, 0.5) is 5.69 Å². The fourth-order valence-corrected chi connectivity index (χ4v) is 4.13. The molecule has 6 heteroatoms. The van der Waals surface area contributed by atoms with Crippen LogP contribution in [0.1, 0.15) is 45.1 Å². The molecule has 1 aromatic rings. The molecule has 2 N–H and O–H groups in total. The van der Waals surface area contributed by atoms with Gasteiger partial charge in [-0.15, -0.1) is 0 Å². The van der Waals surface area contributed by atoms with Crippen LogP contribution in [-0.2, 0) is 11.2 Å². The van der Waals surface area contributed by atoms with E-state index in [1.54, 1.807) is 0 Å². The van der Waals surface area contributed by atoms with Crippen LogP contribution in [0.15, 0.2) is 29.3 Å². The van der Waals surface area contributed by atoms with Gasteiger partial charge in [-0.3, -0.25) is 9.79 Å². The lowest BCUT2D eigenvalue weighted by Crippen LogP contribution is -2.50. The molecule has 0 unspecified atom stereocenters. The molecule has 154 valence electrons. The van der Waals surface area contributed by atoms with Crippen molar-refractivity contribution in [1.29, 1.82) is 0 Å². The topological polar surface area (TPSA) is 60.0 Å². The standard InChI is InChI=1S/C22H35N5O/c1-17(2)26-14-11-19(12-15-26)25-22(23-3)24-13-6-9-21(28)27-16-10-18-7-4-5-8-20(18)27/h4-5,7-8,17,19H,6,9-16H2,1-3H3,(H2,23,24,25). The second-order valence-electron chi connectivity index (χ2n) is 8.07. The smallest absolute Gasteiger partial charge is 0.227 e. The highest BCUT2D eigenvalue weighted by molar-refractivity contribution is 5.95. The van der Waals surface area contributed by atoms with Crippen molar-refractivity contribution in [3.05, 3.63) is 29.8 Å².